The number of methoxy groups -OCH3 is 1. The molecule has 1 saturated heterocycles. The third-order valence-corrected chi connectivity index (χ3v) is 14.0. The van der Waals surface area contributed by atoms with Crippen LogP contribution in [0.1, 0.15) is 89.3 Å². The van der Waals surface area contributed by atoms with Crippen LogP contribution in [0.3, 0.4) is 0 Å². The van der Waals surface area contributed by atoms with E-state index < -0.39 is 116 Å². The van der Waals surface area contributed by atoms with Gasteiger partial charge in [0.25, 0.3) is 5.91 Å². The van der Waals surface area contributed by atoms with Crippen molar-refractivity contribution < 1.29 is 59.7 Å². The Morgan fingerprint density at radius 3 is 2.52 bits per heavy atom. The second-order valence-corrected chi connectivity index (χ2v) is 18.3. The van der Waals surface area contributed by atoms with Crippen LogP contribution >= 0.6 is 0 Å². The van der Waals surface area contributed by atoms with Crippen LogP contribution in [0, 0.1) is 5.92 Å². The number of ether oxygens (including phenoxy) is 2. The molecule has 56 heavy (non-hydrogen) atoms. The lowest BCUT2D eigenvalue weighted by Gasteiger charge is -2.42. The molecular formula is C37H43F4N5O9S. The standard InChI is InChI=1S/C37H43F4N5O9S/c1-33(13-14-33)56(52,53)45-31(49)36-16-20(36)9-7-5-4-6-8-10-24(43-32(50)51)30(48)46-19-35(17-25(46)29(47)44-36)18-34(2,38)26-22-15-21(54-3)11-12-23(22)42-28(27(26)55-35)37(39,40)41/h7,9,11-12,15,20,24-25,43H,4-6,8,10,13-14,16-19H2,1-3H3,(H,44,47)(H,45,49)(H,50,51)/b9-7-/t20-,24+,25+,34+,35+,36-/m1/s1. The van der Waals surface area contributed by atoms with E-state index in [0.717, 1.165) is 11.8 Å². The number of amides is 4. The molecule has 14 nitrogen and oxygen atoms in total. The molecule has 0 unspecified atom stereocenters. The highest BCUT2D eigenvalue weighted by Crippen LogP contribution is 2.56. The first-order valence-electron chi connectivity index (χ1n) is 18.5. The quantitative estimate of drug-likeness (QED) is 0.245. The number of aromatic nitrogens is 1. The van der Waals surface area contributed by atoms with Crippen molar-refractivity contribution in [1.82, 2.24) is 25.2 Å². The maximum atomic E-state index is 17.3. The Bertz CT molecular complexity index is 2140. The maximum Gasteiger partial charge on any atom is 0.437 e. The fraction of sp³-hybridized carbons (Fsp3) is 0.595. The lowest BCUT2D eigenvalue weighted by atomic mass is 9.78. The minimum absolute atomic E-state index is 0.00428. The van der Waals surface area contributed by atoms with E-state index in [9.17, 15) is 45.9 Å². The number of carbonyl (C=O) groups excluding carboxylic acids is 3. The van der Waals surface area contributed by atoms with Gasteiger partial charge in [-0.05, 0) is 70.6 Å². The molecule has 4 heterocycles. The summed E-state index contributed by atoms with van der Waals surface area (Å²) in [5.74, 6) is -4.22. The zero-order chi connectivity index (χ0) is 40.6. The Balaban J connectivity index is 1.31. The third kappa shape index (κ3) is 6.99. The molecule has 5 aliphatic rings. The molecular weight excluding hydrogens is 766 g/mol. The van der Waals surface area contributed by atoms with Gasteiger partial charge >= 0.3 is 12.3 Å². The van der Waals surface area contributed by atoms with E-state index in [1.54, 1.807) is 12.2 Å². The molecule has 3 aliphatic heterocycles. The zero-order valence-corrected chi connectivity index (χ0v) is 31.7. The summed E-state index contributed by atoms with van der Waals surface area (Å²) in [6, 6.07) is 0.972. The summed E-state index contributed by atoms with van der Waals surface area (Å²) in [5.41, 5.74) is -8.46. The van der Waals surface area contributed by atoms with Gasteiger partial charge in [-0.3, -0.25) is 19.1 Å². The summed E-state index contributed by atoms with van der Waals surface area (Å²) in [6.45, 7) is 1.93. The van der Waals surface area contributed by atoms with Gasteiger partial charge in [0.1, 0.15) is 34.6 Å². The number of hydrogen-bond donors (Lipinski definition) is 4. The van der Waals surface area contributed by atoms with Gasteiger partial charge < -0.3 is 30.1 Å². The van der Waals surface area contributed by atoms with Crippen LogP contribution < -0.4 is 24.8 Å². The van der Waals surface area contributed by atoms with Gasteiger partial charge in [-0.2, -0.15) is 13.2 Å². The summed E-state index contributed by atoms with van der Waals surface area (Å²) < 4.78 is 100. The second-order valence-electron chi connectivity index (χ2n) is 16.1. The van der Waals surface area contributed by atoms with Crippen molar-refractivity contribution >= 4 is 44.7 Å². The Hall–Kier alpha value is -4.68. The van der Waals surface area contributed by atoms with Gasteiger partial charge in [0.05, 0.1) is 23.9 Å². The van der Waals surface area contributed by atoms with Gasteiger partial charge in [-0.1, -0.05) is 25.0 Å². The molecule has 0 radical (unpaired) electrons. The van der Waals surface area contributed by atoms with Crippen molar-refractivity contribution in [3.8, 4) is 11.5 Å². The molecule has 1 aromatic carbocycles. The number of allylic oxidation sites excluding steroid dienone is 1. The normalized spacial score (nSPS) is 32.1. The fourth-order valence-corrected chi connectivity index (χ4v) is 9.75. The minimum Gasteiger partial charge on any atom is -0.497 e. The van der Waals surface area contributed by atoms with Crippen molar-refractivity contribution in [2.45, 2.75) is 118 Å². The van der Waals surface area contributed by atoms with E-state index in [-0.39, 0.29) is 29.5 Å². The number of carbonyl (C=O) groups is 4. The van der Waals surface area contributed by atoms with Crippen molar-refractivity contribution in [1.29, 1.82) is 0 Å². The Morgan fingerprint density at radius 2 is 1.86 bits per heavy atom. The van der Waals surface area contributed by atoms with Crippen molar-refractivity contribution in [2.75, 3.05) is 13.7 Å². The van der Waals surface area contributed by atoms with Crippen LogP contribution in [0.25, 0.3) is 10.9 Å². The van der Waals surface area contributed by atoms with Gasteiger partial charge in [-0.15, -0.1) is 0 Å². The number of halogens is 4. The molecule has 2 aromatic rings. The number of benzene rings is 1. The highest BCUT2D eigenvalue weighted by atomic mass is 32.2. The molecule has 304 valence electrons. The first kappa shape index (κ1) is 39.6. The monoisotopic (exact) mass is 809 g/mol. The molecule has 1 spiro atoms. The van der Waals surface area contributed by atoms with Crippen LogP contribution in [0.4, 0.5) is 22.4 Å². The molecule has 2 saturated carbocycles. The molecule has 7 rings (SSSR count). The van der Waals surface area contributed by atoms with Gasteiger partial charge in [-0.25, -0.2) is 22.6 Å². The fourth-order valence-electron chi connectivity index (χ4n) is 8.44. The smallest absolute Gasteiger partial charge is 0.437 e. The number of alkyl halides is 4. The summed E-state index contributed by atoms with van der Waals surface area (Å²) >= 11 is 0. The molecule has 19 heteroatoms. The lowest BCUT2D eigenvalue weighted by Crippen LogP contribution is -2.58. The number of fused-ring (bicyclic) bond motifs is 5. The molecule has 0 bridgehead atoms. The lowest BCUT2D eigenvalue weighted by molar-refractivity contribution is -0.145. The van der Waals surface area contributed by atoms with Gasteiger partial charge in [0.2, 0.25) is 21.8 Å². The van der Waals surface area contributed by atoms with Crippen molar-refractivity contribution in [2.24, 2.45) is 5.92 Å². The van der Waals surface area contributed by atoms with Crippen LogP contribution in [-0.2, 0) is 36.3 Å². The number of nitrogens with zero attached hydrogens (tertiary/aromatic N) is 2. The zero-order valence-electron chi connectivity index (χ0n) is 30.9. The topological polar surface area (TPSA) is 193 Å². The molecule has 2 aliphatic carbocycles. The van der Waals surface area contributed by atoms with Crippen LogP contribution in [-0.4, -0.2) is 88.8 Å². The number of nitrogens with one attached hydrogen (secondary N) is 3. The van der Waals surface area contributed by atoms with E-state index in [1.807, 2.05) is 0 Å². The average molecular weight is 810 g/mol. The average Bonchev–Trinajstić information content (AvgIpc) is 4.00. The minimum atomic E-state index is -5.13. The second kappa shape index (κ2) is 13.5. The van der Waals surface area contributed by atoms with Gasteiger partial charge in [0, 0.05) is 29.7 Å². The summed E-state index contributed by atoms with van der Waals surface area (Å²) in [5, 5.41) is 14.5. The van der Waals surface area contributed by atoms with E-state index in [0.29, 0.717) is 38.5 Å². The number of pyridine rings is 1. The van der Waals surface area contributed by atoms with Crippen LogP contribution in [0.5, 0.6) is 11.5 Å². The summed E-state index contributed by atoms with van der Waals surface area (Å²) in [4.78, 5) is 59.3. The Kier molecular flexibility index (Phi) is 9.51. The van der Waals surface area contributed by atoms with E-state index in [2.05, 4.69) is 20.3 Å². The predicted molar refractivity (Wildman–Crippen MR) is 191 cm³/mol. The van der Waals surface area contributed by atoms with Gasteiger partial charge in [0.15, 0.2) is 11.4 Å². The first-order chi connectivity index (χ1) is 26.1. The maximum absolute atomic E-state index is 17.3. The van der Waals surface area contributed by atoms with Crippen molar-refractivity contribution in [3.63, 3.8) is 0 Å². The Morgan fingerprint density at radius 1 is 1.12 bits per heavy atom. The third-order valence-electron chi connectivity index (χ3n) is 11.8. The predicted octanol–water partition coefficient (Wildman–Crippen LogP) is 4.60. The number of carboxylic acid groups (broad SMARTS) is 1. The largest absolute Gasteiger partial charge is 0.497 e. The highest BCUT2D eigenvalue weighted by Gasteiger charge is 2.65. The highest BCUT2D eigenvalue weighted by molar-refractivity contribution is 7.91. The first-order valence-corrected chi connectivity index (χ1v) is 20.0. The van der Waals surface area contributed by atoms with E-state index in [1.165, 1.54) is 32.2 Å². The molecule has 6 atom stereocenters. The molecule has 4 N–H and O–H groups in total. The number of sulfonamides is 1. The van der Waals surface area contributed by atoms with E-state index >= 15 is 4.39 Å². The number of rotatable bonds is 5. The van der Waals surface area contributed by atoms with Crippen LogP contribution in [0.2, 0.25) is 0 Å². The summed E-state index contributed by atoms with van der Waals surface area (Å²) in [7, 11) is -2.81. The Labute approximate surface area is 319 Å². The van der Waals surface area contributed by atoms with E-state index in [4.69, 9.17) is 9.47 Å². The molecule has 1 aromatic heterocycles. The summed E-state index contributed by atoms with van der Waals surface area (Å²) in [6.07, 6.45) is -1.55. The SMILES string of the molecule is COc1ccc2nc(C(F)(F)F)c3c(c2c1)[C@@](C)(F)C[C@]1(C[C@H]2C(=O)N[C@]4(C(=O)NS(=O)(=O)C5(C)CC5)C[C@H]4/C=C\CCCCC[C@H](NC(=O)O)C(=O)N2C1)O3. The molecule has 3 fully saturated rings. The number of hydrogen-bond acceptors (Lipinski definition) is 9. The molecule has 4 amide bonds. The van der Waals surface area contributed by atoms with Crippen molar-refractivity contribution in [3.05, 3.63) is 41.6 Å². The van der Waals surface area contributed by atoms with Crippen LogP contribution in [0.15, 0.2) is 30.4 Å².